The molecule has 1 fully saturated rings. The van der Waals surface area contributed by atoms with Crippen LogP contribution in [0, 0.1) is 6.92 Å². The number of anilines is 1. The SMILES string of the molecule is COc1cc(C)c2c(c1)-c1onc(NS(=O)(=O)c3ccccc3OC)c1CC21CC1. The third-order valence-electron chi connectivity index (χ3n) is 6.07. The van der Waals surface area contributed by atoms with Crippen molar-refractivity contribution in [2.24, 2.45) is 0 Å². The number of aryl methyl sites for hydroxylation is 1. The van der Waals surface area contributed by atoms with E-state index in [1.807, 2.05) is 12.1 Å². The fourth-order valence-corrected chi connectivity index (χ4v) is 5.75. The van der Waals surface area contributed by atoms with Gasteiger partial charge in [-0.1, -0.05) is 17.3 Å². The first-order chi connectivity index (χ1) is 14.4. The molecule has 0 amide bonds. The molecule has 2 aromatic carbocycles. The average molecular weight is 426 g/mol. The van der Waals surface area contributed by atoms with Gasteiger partial charge in [-0.15, -0.1) is 0 Å². The maximum Gasteiger partial charge on any atom is 0.266 e. The highest BCUT2D eigenvalue weighted by molar-refractivity contribution is 7.92. The van der Waals surface area contributed by atoms with Gasteiger partial charge in [0.25, 0.3) is 10.0 Å². The quantitative estimate of drug-likeness (QED) is 0.662. The van der Waals surface area contributed by atoms with E-state index in [1.54, 1.807) is 25.3 Å². The van der Waals surface area contributed by atoms with Gasteiger partial charge in [-0.05, 0) is 61.6 Å². The summed E-state index contributed by atoms with van der Waals surface area (Å²) in [7, 11) is -0.827. The van der Waals surface area contributed by atoms with Gasteiger partial charge < -0.3 is 14.0 Å². The Morgan fingerprint density at radius 2 is 1.90 bits per heavy atom. The zero-order valence-electron chi connectivity index (χ0n) is 17.0. The minimum atomic E-state index is -3.90. The first kappa shape index (κ1) is 19.0. The lowest BCUT2D eigenvalue weighted by molar-refractivity contribution is 0.403. The second kappa shape index (κ2) is 6.50. The minimum Gasteiger partial charge on any atom is -0.497 e. The van der Waals surface area contributed by atoms with Crippen molar-refractivity contribution in [1.82, 2.24) is 5.16 Å². The summed E-state index contributed by atoms with van der Waals surface area (Å²) in [5, 5.41) is 4.09. The summed E-state index contributed by atoms with van der Waals surface area (Å²) in [5.74, 6) is 1.84. The van der Waals surface area contributed by atoms with E-state index in [9.17, 15) is 8.42 Å². The number of para-hydroxylation sites is 1. The normalized spacial score (nSPS) is 16.0. The molecule has 1 N–H and O–H groups in total. The molecule has 8 heteroatoms. The molecule has 3 aromatic rings. The number of fused-ring (bicyclic) bond motifs is 4. The summed E-state index contributed by atoms with van der Waals surface area (Å²) in [6.07, 6.45) is 2.79. The molecule has 30 heavy (non-hydrogen) atoms. The van der Waals surface area contributed by atoms with Crippen molar-refractivity contribution in [1.29, 1.82) is 0 Å². The molecule has 1 heterocycles. The standard InChI is InChI=1S/C22H22N2O5S/c1-13-10-14(27-2)11-15-19(13)22(8-9-22)12-16-20(15)29-23-21(16)24-30(25,26)18-7-5-4-6-17(18)28-3/h4-7,10-11H,8-9,12H2,1-3H3,(H,23,24). The van der Waals surface area contributed by atoms with Crippen LogP contribution in [0.3, 0.4) is 0 Å². The lowest BCUT2D eigenvalue weighted by Crippen LogP contribution is -2.21. The van der Waals surface area contributed by atoms with Crippen LogP contribution in [-0.2, 0) is 21.9 Å². The average Bonchev–Trinajstić information content (AvgIpc) is 3.39. The second-order valence-electron chi connectivity index (χ2n) is 7.92. The van der Waals surface area contributed by atoms with Crippen molar-refractivity contribution in [2.75, 3.05) is 18.9 Å². The summed E-state index contributed by atoms with van der Waals surface area (Å²) in [4.78, 5) is 0.0547. The number of hydrogen-bond acceptors (Lipinski definition) is 6. The molecule has 0 aliphatic heterocycles. The highest BCUT2D eigenvalue weighted by Gasteiger charge is 2.51. The minimum absolute atomic E-state index is 0.00880. The largest absolute Gasteiger partial charge is 0.497 e. The van der Waals surface area contributed by atoms with Crippen molar-refractivity contribution in [2.45, 2.75) is 36.5 Å². The predicted octanol–water partition coefficient (Wildman–Crippen LogP) is 4.06. The van der Waals surface area contributed by atoms with Gasteiger partial charge in [0, 0.05) is 16.5 Å². The smallest absolute Gasteiger partial charge is 0.266 e. The molecule has 0 bridgehead atoms. The molecule has 5 rings (SSSR count). The molecule has 2 aliphatic carbocycles. The van der Waals surface area contributed by atoms with Gasteiger partial charge >= 0.3 is 0 Å². The molecule has 1 spiro atoms. The highest BCUT2D eigenvalue weighted by atomic mass is 32.2. The van der Waals surface area contributed by atoms with Gasteiger partial charge in [0.2, 0.25) is 0 Å². The van der Waals surface area contributed by atoms with E-state index >= 15 is 0 Å². The lowest BCUT2D eigenvalue weighted by atomic mass is 9.77. The van der Waals surface area contributed by atoms with Crippen LogP contribution >= 0.6 is 0 Å². The lowest BCUT2D eigenvalue weighted by Gasteiger charge is -2.27. The maximum absolute atomic E-state index is 13.0. The Kier molecular flexibility index (Phi) is 4.12. The van der Waals surface area contributed by atoms with E-state index < -0.39 is 10.0 Å². The maximum atomic E-state index is 13.0. The molecule has 0 radical (unpaired) electrons. The number of sulfonamides is 1. The number of aromatic nitrogens is 1. The van der Waals surface area contributed by atoms with Crippen LogP contribution < -0.4 is 14.2 Å². The number of rotatable bonds is 5. The molecule has 0 atom stereocenters. The number of benzene rings is 2. The van der Waals surface area contributed by atoms with E-state index in [-0.39, 0.29) is 21.9 Å². The molecule has 1 aromatic heterocycles. The van der Waals surface area contributed by atoms with Crippen LogP contribution in [0.15, 0.2) is 45.8 Å². The van der Waals surface area contributed by atoms with Crippen LogP contribution in [0.5, 0.6) is 11.5 Å². The molecule has 2 aliphatic rings. The summed E-state index contributed by atoms with van der Waals surface area (Å²) in [6, 6.07) is 10.5. The Labute approximate surface area is 175 Å². The Morgan fingerprint density at radius 3 is 2.60 bits per heavy atom. The number of hydrogen-bond donors (Lipinski definition) is 1. The molecule has 0 saturated heterocycles. The number of methoxy groups -OCH3 is 2. The Morgan fingerprint density at radius 1 is 1.13 bits per heavy atom. The van der Waals surface area contributed by atoms with E-state index in [1.165, 1.54) is 18.7 Å². The highest BCUT2D eigenvalue weighted by Crippen LogP contribution is 2.59. The fourth-order valence-electron chi connectivity index (χ4n) is 4.55. The molecule has 0 unspecified atom stereocenters. The van der Waals surface area contributed by atoms with E-state index in [0.717, 1.165) is 35.3 Å². The number of nitrogens with one attached hydrogen (secondary N) is 1. The van der Waals surface area contributed by atoms with Gasteiger partial charge in [0.15, 0.2) is 11.6 Å². The van der Waals surface area contributed by atoms with Crippen LogP contribution in [0.2, 0.25) is 0 Å². The fraction of sp³-hybridized carbons (Fsp3) is 0.318. The number of nitrogens with zero attached hydrogens (tertiary/aromatic N) is 1. The van der Waals surface area contributed by atoms with Crippen LogP contribution in [-0.4, -0.2) is 27.8 Å². The van der Waals surface area contributed by atoms with Crippen molar-refractivity contribution in [3.05, 3.63) is 53.1 Å². The van der Waals surface area contributed by atoms with E-state index in [4.69, 9.17) is 14.0 Å². The predicted molar refractivity (Wildman–Crippen MR) is 112 cm³/mol. The van der Waals surface area contributed by atoms with Gasteiger partial charge in [0.1, 0.15) is 16.4 Å². The second-order valence-corrected chi connectivity index (χ2v) is 9.57. The van der Waals surface area contributed by atoms with Crippen molar-refractivity contribution in [3.63, 3.8) is 0 Å². The summed E-state index contributed by atoms with van der Waals surface area (Å²) in [5.41, 5.74) is 4.13. The van der Waals surface area contributed by atoms with E-state index in [0.29, 0.717) is 12.2 Å². The summed E-state index contributed by atoms with van der Waals surface area (Å²) < 4.78 is 45.0. The molecular formula is C22H22N2O5S. The zero-order valence-corrected chi connectivity index (χ0v) is 17.8. The molecule has 1 saturated carbocycles. The van der Waals surface area contributed by atoms with E-state index in [2.05, 4.69) is 16.8 Å². The van der Waals surface area contributed by atoms with Crippen LogP contribution in [0.4, 0.5) is 5.82 Å². The number of ether oxygens (including phenoxy) is 2. The molecule has 7 nitrogen and oxygen atoms in total. The van der Waals surface area contributed by atoms with Crippen molar-refractivity contribution in [3.8, 4) is 22.8 Å². The Hall–Kier alpha value is -3.00. The summed E-state index contributed by atoms with van der Waals surface area (Å²) >= 11 is 0. The summed E-state index contributed by atoms with van der Waals surface area (Å²) in [6.45, 7) is 2.08. The topological polar surface area (TPSA) is 90.7 Å². The zero-order chi connectivity index (χ0) is 21.1. The Bertz CT molecular complexity index is 1260. The first-order valence-corrected chi connectivity index (χ1v) is 11.2. The Balaban J connectivity index is 1.60. The van der Waals surface area contributed by atoms with Crippen LogP contribution in [0.1, 0.15) is 29.5 Å². The van der Waals surface area contributed by atoms with Gasteiger partial charge in [-0.25, -0.2) is 8.42 Å². The van der Waals surface area contributed by atoms with Crippen molar-refractivity contribution < 1.29 is 22.4 Å². The monoisotopic (exact) mass is 426 g/mol. The van der Waals surface area contributed by atoms with Gasteiger partial charge in [-0.2, -0.15) is 0 Å². The van der Waals surface area contributed by atoms with Crippen LogP contribution in [0.25, 0.3) is 11.3 Å². The first-order valence-electron chi connectivity index (χ1n) is 9.72. The van der Waals surface area contributed by atoms with Gasteiger partial charge in [0.05, 0.1) is 14.2 Å². The van der Waals surface area contributed by atoms with Crippen molar-refractivity contribution >= 4 is 15.8 Å². The third kappa shape index (κ3) is 2.78. The molecule has 156 valence electrons. The third-order valence-corrected chi connectivity index (χ3v) is 7.44. The van der Waals surface area contributed by atoms with Gasteiger partial charge in [-0.3, -0.25) is 4.72 Å². The molecular weight excluding hydrogens is 404 g/mol.